The number of fused-ring (bicyclic) bond motifs is 1. The Hall–Kier alpha value is -3.10. The average molecular weight is 274 g/mol. The molecule has 0 atom stereocenters. The summed E-state index contributed by atoms with van der Waals surface area (Å²) >= 11 is 0. The van der Waals surface area contributed by atoms with Crippen LogP contribution in [0.4, 0.5) is 5.82 Å². The van der Waals surface area contributed by atoms with E-state index in [0.29, 0.717) is 11.5 Å². The first-order valence-corrected chi connectivity index (χ1v) is 5.58. The third-order valence-corrected chi connectivity index (χ3v) is 2.53. The van der Waals surface area contributed by atoms with Crippen molar-refractivity contribution in [1.29, 1.82) is 0 Å². The maximum atomic E-state index is 5.64. The summed E-state index contributed by atoms with van der Waals surface area (Å²) in [5.74, 6) is 1.44. The molecule has 0 spiro atoms. The van der Waals surface area contributed by atoms with Crippen LogP contribution in [0.15, 0.2) is 33.0 Å². The Labute approximate surface area is 112 Å². The van der Waals surface area contributed by atoms with Crippen LogP contribution in [0.1, 0.15) is 11.3 Å². The number of aromatic nitrogens is 2. The Morgan fingerprint density at radius 3 is 2.90 bits per heavy atom. The van der Waals surface area contributed by atoms with Gasteiger partial charge in [-0.15, -0.1) is 5.10 Å². The lowest BCUT2D eigenvalue weighted by molar-refractivity contribution is 0.174. The third kappa shape index (κ3) is 2.23. The van der Waals surface area contributed by atoms with Gasteiger partial charge in [-0.1, -0.05) is 0 Å². The van der Waals surface area contributed by atoms with Crippen LogP contribution in [0.5, 0.6) is 11.5 Å². The number of nitrogens with two attached hydrogens (primary N) is 2. The minimum absolute atomic E-state index is 0.0146. The molecule has 0 saturated carbocycles. The number of anilines is 1. The summed E-state index contributed by atoms with van der Waals surface area (Å²) in [4.78, 5) is 0. The summed E-state index contributed by atoms with van der Waals surface area (Å²) in [5.41, 5.74) is 12.1. The van der Waals surface area contributed by atoms with Gasteiger partial charge in [0, 0.05) is 0 Å². The number of benzene rings is 1. The van der Waals surface area contributed by atoms with Gasteiger partial charge in [0.15, 0.2) is 28.8 Å². The average Bonchev–Trinajstić information content (AvgIpc) is 3.06. The van der Waals surface area contributed by atoms with Crippen molar-refractivity contribution in [2.24, 2.45) is 15.9 Å². The second kappa shape index (κ2) is 4.88. The van der Waals surface area contributed by atoms with Gasteiger partial charge in [-0.3, -0.25) is 0 Å². The predicted molar refractivity (Wildman–Crippen MR) is 69.6 cm³/mol. The van der Waals surface area contributed by atoms with E-state index >= 15 is 0 Å². The normalized spacial score (nSPS) is 14.1. The highest BCUT2D eigenvalue weighted by Gasteiger charge is 2.12. The molecule has 102 valence electrons. The van der Waals surface area contributed by atoms with Crippen LogP contribution < -0.4 is 20.9 Å². The number of ether oxygens (including phenoxy) is 2. The van der Waals surface area contributed by atoms with Crippen LogP contribution in [0, 0.1) is 0 Å². The summed E-state index contributed by atoms with van der Waals surface area (Å²) in [6, 6.07) is 5.38. The Morgan fingerprint density at radius 2 is 2.10 bits per heavy atom. The standard InChI is InChI=1S/C11H10N6O3/c12-10(9-11(13)17-20-16-9)15-14-4-6-1-2-7-8(3-6)19-5-18-7/h1-4H,5H2,(H2,12,15)(H2,13,17)/b14-4+. The molecule has 0 fully saturated rings. The van der Waals surface area contributed by atoms with E-state index in [-0.39, 0.29) is 24.1 Å². The lowest BCUT2D eigenvalue weighted by atomic mass is 10.2. The van der Waals surface area contributed by atoms with Crippen molar-refractivity contribution in [2.45, 2.75) is 0 Å². The maximum Gasteiger partial charge on any atom is 0.231 e. The first kappa shape index (κ1) is 12.0. The molecular weight excluding hydrogens is 264 g/mol. The van der Waals surface area contributed by atoms with Crippen molar-refractivity contribution in [3.63, 3.8) is 0 Å². The van der Waals surface area contributed by atoms with Crippen molar-refractivity contribution in [2.75, 3.05) is 12.5 Å². The number of rotatable bonds is 3. The van der Waals surface area contributed by atoms with Gasteiger partial charge in [0.05, 0.1) is 6.21 Å². The highest BCUT2D eigenvalue weighted by atomic mass is 16.7. The van der Waals surface area contributed by atoms with Crippen molar-refractivity contribution in [3.05, 3.63) is 29.5 Å². The minimum Gasteiger partial charge on any atom is -0.454 e. The lowest BCUT2D eigenvalue weighted by Gasteiger charge is -1.96. The van der Waals surface area contributed by atoms with Gasteiger partial charge in [-0.25, -0.2) is 4.63 Å². The minimum atomic E-state index is 0.0146. The molecule has 0 radical (unpaired) electrons. The summed E-state index contributed by atoms with van der Waals surface area (Å²) in [6.45, 7) is 0.222. The summed E-state index contributed by atoms with van der Waals surface area (Å²) in [5, 5.41) is 14.5. The van der Waals surface area contributed by atoms with E-state index in [4.69, 9.17) is 20.9 Å². The van der Waals surface area contributed by atoms with E-state index in [1.54, 1.807) is 12.1 Å². The van der Waals surface area contributed by atoms with Crippen molar-refractivity contribution >= 4 is 17.9 Å². The van der Waals surface area contributed by atoms with Gasteiger partial charge in [0.1, 0.15) is 0 Å². The number of hydrogen-bond acceptors (Lipinski definition) is 8. The molecule has 1 aromatic carbocycles. The quantitative estimate of drug-likeness (QED) is 0.461. The van der Waals surface area contributed by atoms with Gasteiger partial charge in [0.2, 0.25) is 6.79 Å². The number of nitrogen functional groups attached to an aromatic ring is 1. The second-order valence-corrected chi connectivity index (χ2v) is 3.84. The molecule has 1 aromatic heterocycles. The zero-order valence-corrected chi connectivity index (χ0v) is 10.2. The molecule has 1 aliphatic heterocycles. The van der Waals surface area contributed by atoms with E-state index in [1.807, 2.05) is 6.07 Å². The molecule has 4 N–H and O–H groups in total. The molecular formula is C11H10N6O3. The fraction of sp³-hybridized carbons (Fsp3) is 0.0909. The Morgan fingerprint density at radius 1 is 1.25 bits per heavy atom. The van der Waals surface area contributed by atoms with Crippen LogP contribution in [0.25, 0.3) is 0 Å². The fourth-order valence-electron chi connectivity index (χ4n) is 1.57. The Balaban J connectivity index is 1.76. The molecule has 9 nitrogen and oxygen atoms in total. The Bertz CT molecular complexity index is 693. The molecule has 0 amide bonds. The smallest absolute Gasteiger partial charge is 0.231 e. The molecule has 2 heterocycles. The summed E-state index contributed by atoms with van der Waals surface area (Å²) < 4.78 is 14.9. The second-order valence-electron chi connectivity index (χ2n) is 3.84. The van der Waals surface area contributed by atoms with Crippen LogP contribution in [0.2, 0.25) is 0 Å². The number of amidine groups is 1. The van der Waals surface area contributed by atoms with Crippen LogP contribution >= 0.6 is 0 Å². The van der Waals surface area contributed by atoms with Gasteiger partial charge < -0.3 is 20.9 Å². The number of nitrogens with zero attached hydrogens (tertiary/aromatic N) is 4. The van der Waals surface area contributed by atoms with Crippen molar-refractivity contribution < 1.29 is 14.1 Å². The van der Waals surface area contributed by atoms with Gasteiger partial charge in [0.25, 0.3) is 0 Å². The van der Waals surface area contributed by atoms with Crippen LogP contribution in [-0.2, 0) is 0 Å². The van der Waals surface area contributed by atoms with E-state index in [0.717, 1.165) is 5.56 Å². The lowest BCUT2D eigenvalue weighted by Crippen LogP contribution is -2.15. The third-order valence-electron chi connectivity index (χ3n) is 2.53. The van der Waals surface area contributed by atoms with E-state index in [9.17, 15) is 0 Å². The zero-order chi connectivity index (χ0) is 13.9. The molecule has 0 saturated heterocycles. The SMILES string of the molecule is NC(=N/N=C/c1ccc2c(c1)OCO2)c1nonc1N. The van der Waals surface area contributed by atoms with Gasteiger partial charge >= 0.3 is 0 Å². The maximum absolute atomic E-state index is 5.64. The van der Waals surface area contributed by atoms with Crippen LogP contribution in [0.3, 0.4) is 0 Å². The predicted octanol–water partition coefficient (Wildman–Crippen LogP) is 0.120. The summed E-state index contributed by atoms with van der Waals surface area (Å²) in [6.07, 6.45) is 1.51. The van der Waals surface area contributed by atoms with Gasteiger partial charge in [-0.05, 0) is 34.1 Å². The molecule has 2 aromatic rings. The monoisotopic (exact) mass is 274 g/mol. The first-order valence-electron chi connectivity index (χ1n) is 5.58. The van der Waals surface area contributed by atoms with Crippen LogP contribution in [-0.4, -0.2) is 29.2 Å². The largest absolute Gasteiger partial charge is 0.454 e. The molecule has 3 rings (SSSR count). The number of hydrogen-bond donors (Lipinski definition) is 2. The molecule has 1 aliphatic rings. The van der Waals surface area contributed by atoms with E-state index < -0.39 is 0 Å². The topological polar surface area (TPSA) is 134 Å². The molecule has 0 bridgehead atoms. The Kier molecular flexibility index (Phi) is 2.92. The molecule has 0 aliphatic carbocycles. The van der Waals surface area contributed by atoms with E-state index in [2.05, 4.69) is 25.1 Å². The van der Waals surface area contributed by atoms with E-state index in [1.165, 1.54) is 6.21 Å². The fourth-order valence-corrected chi connectivity index (χ4v) is 1.57. The molecule has 9 heteroatoms. The highest BCUT2D eigenvalue weighted by Crippen LogP contribution is 2.31. The molecule has 20 heavy (non-hydrogen) atoms. The first-order chi connectivity index (χ1) is 9.74. The summed E-state index contributed by atoms with van der Waals surface area (Å²) in [7, 11) is 0. The highest BCUT2D eigenvalue weighted by molar-refractivity contribution is 5.99. The van der Waals surface area contributed by atoms with Gasteiger partial charge in [-0.2, -0.15) is 5.10 Å². The van der Waals surface area contributed by atoms with Crippen molar-refractivity contribution in [1.82, 2.24) is 10.3 Å². The zero-order valence-electron chi connectivity index (χ0n) is 10.2. The molecule has 0 unspecified atom stereocenters. The van der Waals surface area contributed by atoms with Crippen molar-refractivity contribution in [3.8, 4) is 11.5 Å².